The monoisotopic (exact) mass is 397 g/mol. The third-order valence-electron chi connectivity index (χ3n) is 8.19. The topological polar surface area (TPSA) is 63.9 Å². The van der Waals surface area contributed by atoms with Crippen LogP contribution in [-0.2, 0) is 0 Å². The van der Waals surface area contributed by atoms with E-state index < -0.39 is 0 Å². The van der Waals surface area contributed by atoms with E-state index in [1.54, 1.807) is 24.9 Å². The fourth-order valence-corrected chi connectivity index (χ4v) is 7.12. The molecule has 0 amide bonds. The molecule has 2 bridgehead atoms. The summed E-state index contributed by atoms with van der Waals surface area (Å²) in [6.07, 6.45) is 4.79. The van der Waals surface area contributed by atoms with Gasteiger partial charge >= 0.3 is 0 Å². The molecule has 156 valence electrons. The van der Waals surface area contributed by atoms with Gasteiger partial charge in [0.1, 0.15) is 11.5 Å². The molecule has 0 saturated heterocycles. The molecular weight excluding hydrogens is 366 g/mol. The molecular formula is C24H31NO4. The van der Waals surface area contributed by atoms with Crippen molar-refractivity contribution in [3.63, 3.8) is 0 Å². The molecule has 0 spiro atoms. The summed E-state index contributed by atoms with van der Waals surface area (Å²) in [5, 5.41) is 22.5. The highest BCUT2D eigenvalue weighted by atomic mass is 16.5. The lowest BCUT2D eigenvalue weighted by atomic mass is 9.73. The first-order valence-corrected chi connectivity index (χ1v) is 10.9. The Morgan fingerprint density at radius 3 is 1.97 bits per heavy atom. The van der Waals surface area contributed by atoms with Gasteiger partial charge in [0.05, 0.1) is 19.9 Å². The third kappa shape index (κ3) is 2.33. The SMILES string of the molecule is CCC1CC(CC)C2C3CC(c4c3c(O)n(-c3ccc(OC)cc3OC)c4O)C12. The minimum absolute atomic E-state index is 0.182. The maximum absolute atomic E-state index is 11.3. The van der Waals surface area contributed by atoms with Crippen molar-refractivity contribution < 1.29 is 19.7 Å². The summed E-state index contributed by atoms with van der Waals surface area (Å²) in [6, 6.07) is 5.44. The number of ether oxygens (including phenoxy) is 2. The maximum Gasteiger partial charge on any atom is 0.202 e. The average Bonchev–Trinajstić information content (AvgIpc) is 3.46. The fraction of sp³-hybridized carbons (Fsp3) is 0.583. The molecule has 1 aromatic heterocycles. The van der Waals surface area contributed by atoms with Crippen molar-refractivity contribution in [1.29, 1.82) is 0 Å². The van der Waals surface area contributed by atoms with Crippen molar-refractivity contribution >= 4 is 0 Å². The van der Waals surface area contributed by atoms with E-state index in [1.807, 2.05) is 12.1 Å². The predicted molar refractivity (Wildman–Crippen MR) is 111 cm³/mol. The van der Waals surface area contributed by atoms with E-state index in [-0.39, 0.29) is 11.8 Å². The Kier molecular flexibility index (Phi) is 4.27. The molecule has 0 aliphatic heterocycles. The van der Waals surface area contributed by atoms with Gasteiger partial charge in [-0.25, -0.2) is 4.57 Å². The maximum atomic E-state index is 11.3. The quantitative estimate of drug-likeness (QED) is 0.730. The van der Waals surface area contributed by atoms with Gasteiger partial charge < -0.3 is 19.7 Å². The van der Waals surface area contributed by atoms with Crippen molar-refractivity contribution in [3.05, 3.63) is 29.3 Å². The zero-order chi connectivity index (χ0) is 20.4. The van der Waals surface area contributed by atoms with Gasteiger partial charge in [0.15, 0.2) is 0 Å². The molecule has 0 radical (unpaired) electrons. The Bertz CT molecular complexity index is 903. The van der Waals surface area contributed by atoms with Crippen LogP contribution in [0, 0.1) is 23.7 Å². The van der Waals surface area contributed by atoms with E-state index in [0.29, 0.717) is 40.9 Å². The van der Waals surface area contributed by atoms with E-state index in [1.165, 1.54) is 19.3 Å². The Morgan fingerprint density at radius 2 is 1.48 bits per heavy atom. The number of benzene rings is 1. The first-order valence-electron chi connectivity index (χ1n) is 10.9. The van der Waals surface area contributed by atoms with Gasteiger partial charge in [-0.05, 0) is 60.5 Å². The van der Waals surface area contributed by atoms with E-state index in [4.69, 9.17) is 9.47 Å². The lowest BCUT2D eigenvalue weighted by Crippen LogP contribution is -2.23. The lowest BCUT2D eigenvalue weighted by Gasteiger charge is -2.30. The van der Waals surface area contributed by atoms with Crippen LogP contribution in [0.15, 0.2) is 18.2 Å². The molecule has 1 aromatic carbocycles. The summed E-state index contributed by atoms with van der Waals surface area (Å²) in [6.45, 7) is 4.61. The standard InChI is InChI=1S/C24H31NO4/c1-5-12-9-13(6-2)20-16-11-15(19(12)20)21-22(16)24(27)25(23(21)26)17-8-7-14(28-3)10-18(17)29-4/h7-8,10,12-13,15-16,19-20,26-27H,5-6,9,11H2,1-4H3. The van der Waals surface area contributed by atoms with Crippen LogP contribution in [0.2, 0.25) is 0 Å². The largest absolute Gasteiger partial charge is 0.497 e. The molecule has 2 N–H and O–H groups in total. The molecule has 2 aromatic rings. The van der Waals surface area contributed by atoms with Crippen LogP contribution in [0.5, 0.6) is 23.3 Å². The highest BCUT2D eigenvalue weighted by Gasteiger charge is 2.61. The van der Waals surface area contributed by atoms with E-state index in [0.717, 1.165) is 29.4 Å². The average molecular weight is 398 g/mol. The minimum atomic E-state index is 0.182. The van der Waals surface area contributed by atoms with Crippen LogP contribution >= 0.6 is 0 Å². The number of fused-ring (bicyclic) bond motifs is 8. The normalized spacial score (nSPS) is 31.7. The smallest absolute Gasteiger partial charge is 0.202 e. The van der Waals surface area contributed by atoms with Gasteiger partial charge in [0.2, 0.25) is 11.8 Å². The number of aromatic hydroxyl groups is 2. The third-order valence-corrected chi connectivity index (χ3v) is 8.19. The van der Waals surface area contributed by atoms with E-state index >= 15 is 0 Å². The molecule has 5 heteroatoms. The fourth-order valence-electron chi connectivity index (χ4n) is 7.12. The molecule has 2 fully saturated rings. The lowest BCUT2D eigenvalue weighted by molar-refractivity contribution is 0.267. The predicted octanol–water partition coefficient (Wildman–Crippen LogP) is 5.18. The molecule has 6 unspecified atom stereocenters. The Balaban J connectivity index is 1.65. The van der Waals surface area contributed by atoms with Crippen molar-refractivity contribution in [2.24, 2.45) is 23.7 Å². The van der Waals surface area contributed by atoms with E-state index in [9.17, 15) is 10.2 Å². The molecule has 29 heavy (non-hydrogen) atoms. The number of hydrogen-bond donors (Lipinski definition) is 2. The van der Waals surface area contributed by atoms with Gasteiger partial charge in [-0.2, -0.15) is 0 Å². The first-order chi connectivity index (χ1) is 14.0. The van der Waals surface area contributed by atoms with Crippen LogP contribution in [0.25, 0.3) is 5.69 Å². The van der Waals surface area contributed by atoms with E-state index in [2.05, 4.69) is 13.8 Å². The van der Waals surface area contributed by atoms with Gasteiger partial charge in [0, 0.05) is 17.2 Å². The highest BCUT2D eigenvalue weighted by Crippen LogP contribution is 2.71. The second kappa shape index (κ2) is 6.61. The van der Waals surface area contributed by atoms with Crippen LogP contribution in [0.4, 0.5) is 0 Å². The molecule has 5 rings (SSSR count). The number of nitrogens with zero attached hydrogens (tertiary/aromatic N) is 1. The Morgan fingerprint density at radius 1 is 0.897 bits per heavy atom. The van der Waals surface area contributed by atoms with Gasteiger partial charge in [-0.1, -0.05) is 26.7 Å². The van der Waals surface area contributed by atoms with Gasteiger partial charge in [-0.15, -0.1) is 0 Å². The zero-order valence-electron chi connectivity index (χ0n) is 17.7. The second-order valence-electron chi connectivity index (χ2n) is 9.02. The first kappa shape index (κ1) is 18.7. The van der Waals surface area contributed by atoms with Crippen LogP contribution < -0.4 is 9.47 Å². The molecule has 2 saturated carbocycles. The van der Waals surface area contributed by atoms with Crippen LogP contribution in [-0.4, -0.2) is 29.0 Å². The van der Waals surface area contributed by atoms with Gasteiger partial charge in [0.25, 0.3) is 0 Å². The minimum Gasteiger partial charge on any atom is -0.497 e. The Hall–Kier alpha value is -2.30. The summed E-state index contributed by atoms with van der Waals surface area (Å²) in [7, 11) is 3.20. The molecule has 5 nitrogen and oxygen atoms in total. The van der Waals surface area contributed by atoms with Crippen molar-refractivity contribution in [1.82, 2.24) is 4.57 Å². The second-order valence-corrected chi connectivity index (χ2v) is 9.02. The van der Waals surface area contributed by atoms with Crippen LogP contribution in [0.1, 0.15) is 62.5 Å². The van der Waals surface area contributed by atoms with Gasteiger partial charge in [-0.3, -0.25) is 0 Å². The molecule has 3 aliphatic carbocycles. The van der Waals surface area contributed by atoms with Crippen molar-refractivity contribution in [2.45, 2.75) is 51.4 Å². The summed E-state index contributed by atoms with van der Waals surface area (Å²) < 4.78 is 12.4. The van der Waals surface area contributed by atoms with Crippen molar-refractivity contribution in [3.8, 4) is 28.9 Å². The summed E-state index contributed by atoms with van der Waals surface area (Å²) in [5.41, 5.74) is 2.62. The highest BCUT2D eigenvalue weighted by molar-refractivity contribution is 5.63. The number of hydrogen-bond acceptors (Lipinski definition) is 4. The molecule has 1 heterocycles. The van der Waals surface area contributed by atoms with Crippen molar-refractivity contribution in [2.75, 3.05) is 14.2 Å². The zero-order valence-corrected chi connectivity index (χ0v) is 17.7. The summed E-state index contributed by atoms with van der Waals surface area (Å²) in [5.74, 6) is 5.06. The summed E-state index contributed by atoms with van der Waals surface area (Å²) in [4.78, 5) is 0. The summed E-state index contributed by atoms with van der Waals surface area (Å²) >= 11 is 0. The Labute approximate surface area is 172 Å². The number of methoxy groups -OCH3 is 2. The van der Waals surface area contributed by atoms with Crippen LogP contribution in [0.3, 0.4) is 0 Å². The number of aromatic nitrogens is 1. The molecule has 3 aliphatic rings. The molecule has 6 atom stereocenters. The number of rotatable bonds is 5.